The quantitative estimate of drug-likeness (QED) is 0.852. The van der Waals surface area contributed by atoms with Gasteiger partial charge in [-0.3, -0.25) is 14.2 Å². The van der Waals surface area contributed by atoms with E-state index in [4.69, 9.17) is 0 Å². The fourth-order valence-electron chi connectivity index (χ4n) is 1.74. The van der Waals surface area contributed by atoms with Crippen LogP contribution in [0.25, 0.3) is 0 Å². The maximum Gasteiger partial charge on any atom is 0.254 e. The molecule has 0 fully saturated rings. The normalized spacial score (nSPS) is 10.6. The van der Waals surface area contributed by atoms with E-state index < -0.39 is 0 Å². The molecule has 6 nitrogen and oxygen atoms in total. The van der Waals surface area contributed by atoms with Crippen molar-refractivity contribution in [1.82, 2.24) is 24.9 Å². The van der Waals surface area contributed by atoms with Gasteiger partial charge < -0.3 is 5.32 Å². The molecule has 18 heavy (non-hydrogen) atoms. The highest BCUT2D eigenvalue weighted by molar-refractivity contribution is 5.94. The van der Waals surface area contributed by atoms with Crippen LogP contribution in [-0.2, 0) is 20.5 Å². The predicted octanol–water partition coefficient (Wildman–Crippen LogP) is 0.435. The van der Waals surface area contributed by atoms with Gasteiger partial charge in [-0.15, -0.1) is 0 Å². The van der Waals surface area contributed by atoms with Gasteiger partial charge in [-0.2, -0.15) is 10.2 Å². The molecule has 0 aliphatic rings. The summed E-state index contributed by atoms with van der Waals surface area (Å²) in [5.41, 5.74) is 2.61. The molecule has 2 aromatic rings. The largest absolute Gasteiger partial charge is 0.352 e. The van der Waals surface area contributed by atoms with Crippen molar-refractivity contribution in [1.29, 1.82) is 0 Å². The minimum absolute atomic E-state index is 0.0792. The summed E-state index contributed by atoms with van der Waals surface area (Å²) in [7, 11) is 3.70. The fraction of sp³-hybridized carbons (Fsp3) is 0.417. The zero-order valence-electron chi connectivity index (χ0n) is 10.8. The van der Waals surface area contributed by atoms with Crippen molar-refractivity contribution >= 4 is 5.91 Å². The van der Waals surface area contributed by atoms with Crippen LogP contribution in [0.1, 0.15) is 21.6 Å². The number of hydrogen-bond acceptors (Lipinski definition) is 3. The van der Waals surface area contributed by atoms with Crippen LogP contribution in [0.2, 0.25) is 0 Å². The van der Waals surface area contributed by atoms with E-state index in [2.05, 4.69) is 15.5 Å². The van der Waals surface area contributed by atoms with Gasteiger partial charge in [0, 0.05) is 32.5 Å². The molecule has 1 N–H and O–H groups in total. The summed E-state index contributed by atoms with van der Waals surface area (Å²) in [5.74, 6) is -0.0792. The van der Waals surface area contributed by atoms with Gasteiger partial charge in [-0.1, -0.05) is 0 Å². The number of carbonyl (C=O) groups is 1. The molecule has 96 valence electrons. The van der Waals surface area contributed by atoms with Crippen LogP contribution in [0.4, 0.5) is 0 Å². The third kappa shape index (κ3) is 2.58. The van der Waals surface area contributed by atoms with Crippen molar-refractivity contribution in [3.63, 3.8) is 0 Å². The molecule has 6 heteroatoms. The Labute approximate surface area is 106 Å². The van der Waals surface area contributed by atoms with Crippen molar-refractivity contribution in [2.24, 2.45) is 14.1 Å². The molecule has 2 rings (SSSR count). The molecular weight excluding hydrogens is 230 g/mol. The van der Waals surface area contributed by atoms with E-state index >= 15 is 0 Å². The van der Waals surface area contributed by atoms with Crippen LogP contribution in [0.15, 0.2) is 18.6 Å². The smallest absolute Gasteiger partial charge is 0.254 e. The van der Waals surface area contributed by atoms with Crippen LogP contribution in [0.5, 0.6) is 0 Å². The minimum Gasteiger partial charge on any atom is -0.352 e. The van der Waals surface area contributed by atoms with Gasteiger partial charge in [-0.25, -0.2) is 0 Å². The zero-order valence-corrected chi connectivity index (χ0v) is 10.8. The van der Waals surface area contributed by atoms with Crippen LogP contribution in [-0.4, -0.2) is 32.0 Å². The van der Waals surface area contributed by atoms with E-state index in [9.17, 15) is 4.79 Å². The number of nitrogens with one attached hydrogen (secondary N) is 1. The third-order valence-corrected chi connectivity index (χ3v) is 2.94. The van der Waals surface area contributed by atoms with Crippen molar-refractivity contribution in [2.75, 3.05) is 6.54 Å². The lowest BCUT2D eigenvalue weighted by atomic mass is 10.2. The van der Waals surface area contributed by atoms with Gasteiger partial charge in [0.05, 0.1) is 18.0 Å². The first-order chi connectivity index (χ1) is 8.58. The SMILES string of the molecule is Cc1c(C(=O)NCCc2cnn(C)c2)cnn1C. The maximum atomic E-state index is 11.9. The first kappa shape index (κ1) is 12.3. The first-order valence-corrected chi connectivity index (χ1v) is 5.82. The molecular formula is C12H17N5O. The highest BCUT2D eigenvalue weighted by Crippen LogP contribution is 2.05. The molecule has 0 saturated carbocycles. The lowest BCUT2D eigenvalue weighted by molar-refractivity contribution is 0.0953. The van der Waals surface area contributed by atoms with Gasteiger partial charge in [0.1, 0.15) is 0 Å². The van der Waals surface area contributed by atoms with E-state index in [0.717, 1.165) is 17.7 Å². The molecule has 0 saturated heterocycles. The zero-order chi connectivity index (χ0) is 13.1. The number of hydrogen-bond donors (Lipinski definition) is 1. The Bertz CT molecular complexity index is 555. The monoisotopic (exact) mass is 247 g/mol. The van der Waals surface area contributed by atoms with E-state index in [-0.39, 0.29) is 5.91 Å². The number of aromatic nitrogens is 4. The van der Waals surface area contributed by atoms with Crippen molar-refractivity contribution < 1.29 is 4.79 Å². The highest BCUT2D eigenvalue weighted by atomic mass is 16.1. The van der Waals surface area contributed by atoms with E-state index in [1.807, 2.05) is 33.4 Å². The Hall–Kier alpha value is -2.11. The highest BCUT2D eigenvalue weighted by Gasteiger charge is 2.11. The number of amides is 1. The van der Waals surface area contributed by atoms with Crippen molar-refractivity contribution in [2.45, 2.75) is 13.3 Å². The Morgan fingerprint density at radius 2 is 2.11 bits per heavy atom. The standard InChI is InChI=1S/C12H17N5O/c1-9-11(7-15-17(9)3)12(18)13-5-4-10-6-14-16(2)8-10/h6-8H,4-5H2,1-3H3,(H,13,18). The van der Waals surface area contributed by atoms with Gasteiger partial charge in [0.15, 0.2) is 0 Å². The second-order valence-electron chi connectivity index (χ2n) is 4.30. The van der Waals surface area contributed by atoms with Crippen molar-refractivity contribution in [3.8, 4) is 0 Å². The molecule has 0 radical (unpaired) electrons. The van der Waals surface area contributed by atoms with Crippen LogP contribution in [0.3, 0.4) is 0 Å². The van der Waals surface area contributed by atoms with Crippen LogP contribution in [0, 0.1) is 6.92 Å². The van der Waals surface area contributed by atoms with Crippen LogP contribution >= 0.6 is 0 Å². The summed E-state index contributed by atoms with van der Waals surface area (Å²) in [6.45, 7) is 2.47. The summed E-state index contributed by atoms with van der Waals surface area (Å²) < 4.78 is 3.44. The molecule has 1 amide bonds. The van der Waals surface area contributed by atoms with E-state index in [1.165, 1.54) is 0 Å². The summed E-state index contributed by atoms with van der Waals surface area (Å²) in [5, 5.41) is 11.0. The fourth-order valence-corrected chi connectivity index (χ4v) is 1.74. The second kappa shape index (κ2) is 5.03. The molecule has 0 atom stereocenters. The summed E-state index contributed by atoms with van der Waals surface area (Å²) in [6.07, 6.45) is 6.12. The molecule has 0 aliphatic carbocycles. The number of nitrogens with zero attached hydrogens (tertiary/aromatic N) is 4. The van der Waals surface area contributed by atoms with Gasteiger partial charge in [0.2, 0.25) is 0 Å². The average Bonchev–Trinajstić information content (AvgIpc) is 2.87. The number of rotatable bonds is 4. The van der Waals surface area contributed by atoms with Gasteiger partial charge >= 0.3 is 0 Å². The summed E-state index contributed by atoms with van der Waals surface area (Å²) >= 11 is 0. The maximum absolute atomic E-state index is 11.9. The lowest BCUT2D eigenvalue weighted by Crippen LogP contribution is -2.26. The summed E-state index contributed by atoms with van der Waals surface area (Å²) in [4.78, 5) is 11.9. The lowest BCUT2D eigenvalue weighted by Gasteiger charge is -2.03. The molecule has 2 aromatic heterocycles. The van der Waals surface area contributed by atoms with Crippen LogP contribution < -0.4 is 5.32 Å². The molecule has 0 spiro atoms. The summed E-state index contributed by atoms with van der Waals surface area (Å²) in [6, 6.07) is 0. The number of aryl methyl sites for hydroxylation is 2. The molecule has 2 heterocycles. The Kier molecular flexibility index (Phi) is 3.45. The molecule has 0 aromatic carbocycles. The molecule has 0 aliphatic heterocycles. The number of carbonyl (C=O) groups excluding carboxylic acids is 1. The van der Waals surface area contributed by atoms with E-state index in [0.29, 0.717) is 12.1 Å². The minimum atomic E-state index is -0.0792. The molecule has 0 unspecified atom stereocenters. The topological polar surface area (TPSA) is 64.7 Å². The van der Waals surface area contributed by atoms with E-state index in [1.54, 1.807) is 15.6 Å². The molecule has 0 bridgehead atoms. The van der Waals surface area contributed by atoms with Crippen molar-refractivity contribution in [3.05, 3.63) is 35.4 Å². The Morgan fingerprint density at radius 3 is 2.67 bits per heavy atom. The average molecular weight is 247 g/mol. The second-order valence-corrected chi connectivity index (χ2v) is 4.30. The van der Waals surface area contributed by atoms with Gasteiger partial charge in [0.25, 0.3) is 5.91 Å². The third-order valence-electron chi connectivity index (χ3n) is 2.94. The Balaban J connectivity index is 1.87. The first-order valence-electron chi connectivity index (χ1n) is 5.82. The predicted molar refractivity (Wildman–Crippen MR) is 67.2 cm³/mol. The van der Waals surface area contributed by atoms with Gasteiger partial charge in [-0.05, 0) is 18.9 Å². The Morgan fingerprint density at radius 1 is 1.33 bits per heavy atom.